The van der Waals surface area contributed by atoms with E-state index in [2.05, 4.69) is 0 Å². The third-order valence-electron chi connectivity index (χ3n) is 3.29. The van der Waals surface area contributed by atoms with Crippen LogP contribution in [0.2, 0.25) is 0 Å². The summed E-state index contributed by atoms with van der Waals surface area (Å²) in [7, 11) is 1.38. The first kappa shape index (κ1) is 18.4. The fraction of sp³-hybridized carbons (Fsp3) is 0.786. The summed E-state index contributed by atoms with van der Waals surface area (Å²) in [6.07, 6.45) is -3.13. The van der Waals surface area contributed by atoms with Gasteiger partial charge in [0, 0.05) is 33.8 Å². The molecule has 1 aliphatic rings. The number of methoxy groups -OCH3 is 1. The van der Waals surface area contributed by atoms with Crippen LogP contribution in [0, 0.1) is 5.92 Å². The number of carbonyl (C=O) groups is 3. The summed E-state index contributed by atoms with van der Waals surface area (Å²) < 4.78 is 26.2. The standard InChI is InChI=1S/C14H22O8/c1-7-11(6-19-8(2)15)22-14(18-5)13(21-10(4)17)12(7)20-9(3)16/h7,11-14H,6H2,1-5H3/t7-,11?,12-,13?,14+/m0/s1. The SMILES string of the molecule is CO[C@@H]1OC(COC(C)=O)[C@H](C)[C@H](OC(C)=O)C1OC(C)=O. The van der Waals surface area contributed by atoms with E-state index in [0.29, 0.717) is 0 Å². The summed E-state index contributed by atoms with van der Waals surface area (Å²) in [6, 6.07) is 0. The van der Waals surface area contributed by atoms with Crippen molar-refractivity contribution in [2.45, 2.75) is 52.3 Å². The van der Waals surface area contributed by atoms with Gasteiger partial charge in [0.1, 0.15) is 18.8 Å². The van der Waals surface area contributed by atoms with E-state index >= 15 is 0 Å². The number of esters is 3. The fourth-order valence-corrected chi connectivity index (χ4v) is 2.30. The molecule has 0 saturated carbocycles. The molecule has 126 valence electrons. The van der Waals surface area contributed by atoms with Crippen LogP contribution < -0.4 is 0 Å². The minimum atomic E-state index is -0.926. The molecule has 0 aromatic carbocycles. The van der Waals surface area contributed by atoms with E-state index < -0.39 is 42.5 Å². The van der Waals surface area contributed by atoms with E-state index in [1.807, 2.05) is 0 Å². The van der Waals surface area contributed by atoms with E-state index in [0.717, 1.165) is 0 Å². The molecule has 1 rings (SSSR count). The van der Waals surface area contributed by atoms with Crippen molar-refractivity contribution in [1.82, 2.24) is 0 Å². The van der Waals surface area contributed by atoms with E-state index in [4.69, 9.17) is 23.7 Å². The Hall–Kier alpha value is -1.67. The molecule has 0 aliphatic carbocycles. The molecular weight excluding hydrogens is 296 g/mol. The Labute approximate surface area is 129 Å². The molecule has 0 bridgehead atoms. The maximum atomic E-state index is 11.3. The normalized spacial score (nSPS) is 31.2. The van der Waals surface area contributed by atoms with Gasteiger partial charge in [0.05, 0.1) is 0 Å². The van der Waals surface area contributed by atoms with Gasteiger partial charge in [-0.3, -0.25) is 14.4 Å². The van der Waals surface area contributed by atoms with Crippen LogP contribution in [0.1, 0.15) is 27.7 Å². The molecule has 0 N–H and O–H groups in total. The van der Waals surface area contributed by atoms with Crippen molar-refractivity contribution < 1.29 is 38.1 Å². The monoisotopic (exact) mass is 318 g/mol. The molecule has 22 heavy (non-hydrogen) atoms. The molecule has 8 heteroatoms. The van der Waals surface area contributed by atoms with Crippen molar-refractivity contribution >= 4 is 17.9 Å². The molecule has 0 aromatic heterocycles. The summed E-state index contributed by atoms with van der Waals surface area (Å²) in [4.78, 5) is 33.5. The van der Waals surface area contributed by atoms with Gasteiger partial charge < -0.3 is 23.7 Å². The van der Waals surface area contributed by atoms with Crippen molar-refractivity contribution in [3.05, 3.63) is 0 Å². The second-order valence-corrected chi connectivity index (χ2v) is 5.09. The largest absolute Gasteiger partial charge is 0.463 e. The number of carbonyl (C=O) groups excluding carboxylic acids is 3. The minimum Gasteiger partial charge on any atom is -0.463 e. The Morgan fingerprint density at radius 3 is 1.95 bits per heavy atom. The van der Waals surface area contributed by atoms with E-state index in [1.165, 1.54) is 27.9 Å². The molecule has 2 unspecified atom stereocenters. The quantitative estimate of drug-likeness (QED) is 0.531. The zero-order valence-corrected chi connectivity index (χ0v) is 13.4. The van der Waals surface area contributed by atoms with Gasteiger partial charge in [-0.1, -0.05) is 6.92 Å². The Kier molecular flexibility index (Phi) is 6.76. The lowest BCUT2D eigenvalue weighted by molar-refractivity contribution is -0.288. The third kappa shape index (κ3) is 4.96. The van der Waals surface area contributed by atoms with Crippen molar-refractivity contribution in [2.24, 2.45) is 5.92 Å². The highest BCUT2D eigenvalue weighted by Crippen LogP contribution is 2.31. The van der Waals surface area contributed by atoms with Gasteiger partial charge in [-0.15, -0.1) is 0 Å². The highest BCUT2D eigenvalue weighted by atomic mass is 16.7. The van der Waals surface area contributed by atoms with Crippen molar-refractivity contribution in [2.75, 3.05) is 13.7 Å². The first-order valence-electron chi connectivity index (χ1n) is 6.92. The van der Waals surface area contributed by atoms with E-state index in [9.17, 15) is 14.4 Å². The first-order chi connectivity index (χ1) is 10.3. The van der Waals surface area contributed by atoms with Crippen molar-refractivity contribution in [3.63, 3.8) is 0 Å². The van der Waals surface area contributed by atoms with Gasteiger partial charge in [-0.25, -0.2) is 0 Å². The van der Waals surface area contributed by atoms with Crippen LogP contribution in [0.25, 0.3) is 0 Å². The molecular formula is C14H22O8. The lowest BCUT2D eigenvalue weighted by Gasteiger charge is -2.43. The number of hydrogen-bond acceptors (Lipinski definition) is 8. The van der Waals surface area contributed by atoms with Gasteiger partial charge in [0.2, 0.25) is 0 Å². The molecule has 1 fully saturated rings. The second kappa shape index (κ2) is 8.09. The summed E-state index contributed by atoms with van der Waals surface area (Å²) in [5.41, 5.74) is 0. The van der Waals surface area contributed by atoms with Crippen LogP contribution in [-0.2, 0) is 38.1 Å². The van der Waals surface area contributed by atoms with Gasteiger partial charge in [-0.05, 0) is 0 Å². The number of rotatable bonds is 5. The van der Waals surface area contributed by atoms with Crippen molar-refractivity contribution in [1.29, 1.82) is 0 Å². The molecule has 1 heterocycles. The van der Waals surface area contributed by atoms with Gasteiger partial charge in [-0.2, -0.15) is 0 Å². The Bertz CT molecular complexity index is 421. The van der Waals surface area contributed by atoms with Crippen LogP contribution in [-0.4, -0.2) is 56.2 Å². The van der Waals surface area contributed by atoms with Gasteiger partial charge in [0.15, 0.2) is 12.4 Å². The molecule has 0 spiro atoms. The van der Waals surface area contributed by atoms with Gasteiger partial charge in [0.25, 0.3) is 0 Å². The maximum absolute atomic E-state index is 11.3. The molecule has 8 nitrogen and oxygen atoms in total. The zero-order valence-electron chi connectivity index (χ0n) is 13.4. The summed E-state index contributed by atoms with van der Waals surface area (Å²) in [6.45, 7) is 5.53. The van der Waals surface area contributed by atoms with Crippen LogP contribution in [0.5, 0.6) is 0 Å². The van der Waals surface area contributed by atoms with Crippen LogP contribution in [0.4, 0.5) is 0 Å². The maximum Gasteiger partial charge on any atom is 0.303 e. The Morgan fingerprint density at radius 1 is 0.955 bits per heavy atom. The molecule has 0 amide bonds. The zero-order chi connectivity index (χ0) is 16.9. The van der Waals surface area contributed by atoms with Crippen LogP contribution in [0.15, 0.2) is 0 Å². The topological polar surface area (TPSA) is 97.4 Å². The Morgan fingerprint density at radius 2 is 1.50 bits per heavy atom. The first-order valence-corrected chi connectivity index (χ1v) is 6.92. The van der Waals surface area contributed by atoms with Crippen LogP contribution in [0.3, 0.4) is 0 Å². The lowest BCUT2D eigenvalue weighted by Crippen LogP contribution is -2.58. The molecule has 1 saturated heterocycles. The summed E-state index contributed by atoms with van der Waals surface area (Å²) in [5.74, 6) is -1.87. The summed E-state index contributed by atoms with van der Waals surface area (Å²) >= 11 is 0. The summed E-state index contributed by atoms with van der Waals surface area (Å²) in [5, 5.41) is 0. The molecule has 0 aromatic rings. The average molecular weight is 318 g/mol. The highest BCUT2D eigenvalue weighted by molar-refractivity contribution is 5.67. The smallest absolute Gasteiger partial charge is 0.303 e. The van der Waals surface area contributed by atoms with Gasteiger partial charge >= 0.3 is 17.9 Å². The average Bonchev–Trinajstić information content (AvgIpc) is 2.41. The molecule has 1 aliphatic heterocycles. The third-order valence-corrected chi connectivity index (χ3v) is 3.29. The highest BCUT2D eigenvalue weighted by Gasteiger charge is 2.48. The van der Waals surface area contributed by atoms with Crippen molar-refractivity contribution in [3.8, 4) is 0 Å². The number of ether oxygens (including phenoxy) is 5. The molecule has 0 radical (unpaired) electrons. The lowest BCUT2D eigenvalue weighted by atomic mass is 9.90. The fourth-order valence-electron chi connectivity index (χ4n) is 2.30. The predicted octanol–water partition coefficient (Wildman–Crippen LogP) is 0.420. The number of hydrogen-bond donors (Lipinski definition) is 0. The van der Waals surface area contributed by atoms with E-state index in [-0.39, 0.29) is 12.5 Å². The molecule has 5 atom stereocenters. The van der Waals surface area contributed by atoms with Crippen LogP contribution >= 0.6 is 0 Å². The predicted molar refractivity (Wildman–Crippen MR) is 72.6 cm³/mol. The second-order valence-electron chi connectivity index (χ2n) is 5.09. The van der Waals surface area contributed by atoms with E-state index in [1.54, 1.807) is 6.92 Å². The Balaban J connectivity index is 2.95. The minimum absolute atomic E-state index is 0.0130.